The molecule has 2 amide bonds. The molecule has 1 aliphatic heterocycles. The Bertz CT molecular complexity index is 1580. The Labute approximate surface area is 242 Å². The summed E-state index contributed by atoms with van der Waals surface area (Å²) in [5, 5.41) is 14.4. The van der Waals surface area contributed by atoms with Crippen molar-refractivity contribution < 1.29 is 18.4 Å². The monoisotopic (exact) mass is 574 g/mol. The lowest BCUT2D eigenvalue weighted by Crippen LogP contribution is -2.45. The first kappa shape index (κ1) is 28.7. The molecule has 0 bridgehead atoms. The summed E-state index contributed by atoms with van der Waals surface area (Å²) < 4.78 is 28.6. The topological polar surface area (TPSA) is 98.6 Å². The van der Waals surface area contributed by atoms with Crippen molar-refractivity contribution in [3.05, 3.63) is 95.3 Å². The van der Waals surface area contributed by atoms with Crippen molar-refractivity contribution in [2.24, 2.45) is 0 Å². The van der Waals surface area contributed by atoms with Gasteiger partial charge in [-0.2, -0.15) is 0 Å². The molecular formula is C30H32F2N8O2. The number of aromatic nitrogens is 3. The van der Waals surface area contributed by atoms with Gasteiger partial charge < -0.3 is 25.3 Å². The number of rotatable bonds is 8. The zero-order valence-corrected chi connectivity index (χ0v) is 23.6. The zero-order valence-electron chi connectivity index (χ0n) is 23.6. The van der Waals surface area contributed by atoms with Gasteiger partial charge >= 0.3 is 0 Å². The predicted octanol–water partition coefficient (Wildman–Crippen LogP) is 3.86. The fraction of sp³-hybridized carbons (Fsp3) is 0.267. The van der Waals surface area contributed by atoms with Crippen LogP contribution in [0.2, 0.25) is 0 Å². The van der Waals surface area contributed by atoms with E-state index >= 15 is 0 Å². The molecule has 4 aromatic rings. The van der Waals surface area contributed by atoms with E-state index in [0.29, 0.717) is 35.2 Å². The number of carbonyl (C=O) groups is 2. The molecule has 5 rings (SSSR count). The highest BCUT2D eigenvalue weighted by Gasteiger charge is 2.22. The van der Waals surface area contributed by atoms with E-state index < -0.39 is 17.5 Å². The number of halogens is 2. The van der Waals surface area contributed by atoms with Crippen molar-refractivity contribution in [2.45, 2.75) is 6.54 Å². The van der Waals surface area contributed by atoms with Crippen LogP contribution in [-0.2, 0) is 6.54 Å². The zero-order chi connectivity index (χ0) is 29.8. The molecule has 0 spiro atoms. The second-order valence-electron chi connectivity index (χ2n) is 10.4. The van der Waals surface area contributed by atoms with Crippen LogP contribution in [0, 0.1) is 11.6 Å². The predicted molar refractivity (Wildman–Crippen MR) is 157 cm³/mol. The van der Waals surface area contributed by atoms with Gasteiger partial charge in [0, 0.05) is 69.0 Å². The fourth-order valence-corrected chi connectivity index (χ4v) is 4.69. The summed E-state index contributed by atoms with van der Waals surface area (Å²) in [6, 6.07) is 15.3. The number of carbonyl (C=O) groups excluding carboxylic acids is 2. The average molecular weight is 575 g/mol. The largest absolute Gasteiger partial charge is 0.379 e. The molecule has 12 heteroatoms. The summed E-state index contributed by atoms with van der Waals surface area (Å²) in [7, 11) is 5.59. The van der Waals surface area contributed by atoms with Crippen molar-refractivity contribution in [3.8, 4) is 5.69 Å². The van der Waals surface area contributed by atoms with Crippen LogP contribution >= 0.6 is 0 Å². The number of amides is 2. The minimum absolute atomic E-state index is 0.0620. The van der Waals surface area contributed by atoms with Crippen LogP contribution in [0.15, 0.2) is 66.9 Å². The first-order valence-corrected chi connectivity index (χ1v) is 13.5. The maximum atomic E-state index is 13.5. The van der Waals surface area contributed by atoms with E-state index in [-0.39, 0.29) is 11.5 Å². The first-order valence-electron chi connectivity index (χ1n) is 13.5. The number of nitrogens with zero attached hydrogens (tertiary/aromatic N) is 6. The Balaban J connectivity index is 1.27. The molecule has 218 valence electrons. The summed E-state index contributed by atoms with van der Waals surface area (Å²) in [6.07, 6.45) is 1.75. The van der Waals surface area contributed by atoms with Crippen molar-refractivity contribution >= 4 is 28.9 Å². The number of likely N-dealkylation sites (N-methyl/N-ethyl adjacent to an activating group) is 1. The van der Waals surface area contributed by atoms with Gasteiger partial charge in [0.1, 0.15) is 17.3 Å². The Morgan fingerprint density at radius 3 is 2.38 bits per heavy atom. The second-order valence-corrected chi connectivity index (χ2v) is 10.4. The molecule has 2 N–H and O–H groups in total. The Hall–Kier alpha value is -4.84. The number of hydrogen-bond donors (Lipinski definition) is 2. The normalized spacial score (nSPS) is 13.6. The van der Waals surface area contributed by atoms with Gasteiger partial charge in [-0.05, 0) is 55.6 Å². The van der Waals surface area contributed by atoms with E-state index in [2.05, 4.69) is 37.8 Å². The van der Waals surface area contributed by atoms with Crippen LogP contribution in [0.4, 0.5) is 25.8 Å². The van der Waals surface area contributed by atoms with Crippen LogP contribution in [0.3, 0.4) is 0 Å². The molecule has 0 unspecified atom stereocenters. The molecular weight excluding hydrogens is 542 g/mol. The number of benzene rings is 3. The van der Waals surface area contributed by atoms with E-state index in [1.54, 1.807) is 54.1 Å². The molecule has 1 saturated heterocycles. The van der Waals surface area contributed by atoms with Crippen molar-refractivity contribution in [1.82, 2.24) is 24.8 Å². The Morgan fingerprint density at radius 1 is 0.929 bits per heavy atom. The van der Waals surface area contributed by atoms with Gasteiger partial charge in [0.15, 0.2) is 0 Å². The molecule has 3 aromatic carbocycles. The van der Waals surface area contributed by atoms with Gasteiger partial charge in [-0.15, -0.1) is 5.10 Å². The molecule has 1 fully saturated rings. The molecule has 1 aliphatic rings. The lowest BCUT2D eigenvalue weighted by atomic mass is 10.1. The van der Waals surface area contributed by atoms with Gasteiger partial charge in [-0.25, -0.2) is 13.5 Å². The summed E-state index contributed by atoms with van der Waals surface area (Å²) in [6.45, 7) is 3.95. The summed E-state index contributed by atoms with van der Waals surface area (Å²) >= 11 is 0. The van der Waals surface area contributed by atoms with E-state index in [0.717, 1.165) is 49.7 Å². The Kier molecular flexibility index (Phi) is 8.43. The molecule has 2 heterocycles. The highest BCUT2D eigenvalue weighted by atomic mass is 19.1. The van der Waals surface area contributed by atoms with Gasteiger partial charge in [0.05, 0.1) is 24.0 Å². The van der Waals surface area contributed by atoms with Gasteiger partial charge in [-0.3, -0.25) is 9.59 Å². The first-order chi connectivity index (χ1) is 20.2. The highest BCUT2D eigenvalue weighted by Crippen LogP contribution is 2.27. The summed E-state index contributed by atoms with van der Waals surface area (Å²) in [5.74, 6) is -2.36. The lowest BCUT2D eigenvalue weighted by molar-refractivity contribution is 0.0827. The third kappa shape index (κ3) is 6.72. The average Bonchev–Trinajstić information content (AvgIpc) is 3.45. The minimum Gasteiger partial charge on any atom is -0.379 e. The molecule has 42 heavy (non-hydrogen) atoms. The number of piperazine rings is 1. The van der Waals surface area contributed by atoms with Crippen molar-refractivity contribution in [3.63, 3.8) is 0 Å². The van der Waals surface area contributed by atoms with Gasteiger partial charge in [-0.1, -0.05) is 11.3 Å². The Morgan fingerprint density at radius 2 is 1.67 bits per heavy atom. The third-order valence-corrected chi connectivity index (χ3v) is 6.98. The van der Waals surface area contributed by atoms with Gasteiger partial charge in [0.25, 0.3) is 11.8 Å². The van der Waals surface area contributed by atoms with E-state index in [1.807, 2.05) is 18.2 Å². The number of anilines is 3. The molecule has 0 aliphatic carbocycles. The van der Waals surface area contributed by atoms with Crippen LogP contribution in [0.25, 0.3) is 5.69 Å². The smallest absolute Gasteiger partial charge is 0.255 e. The third-order valence-electron chi connectivity index (χ3n) is 6.98. The molecule has 0 saturated carbocycles. The fourth-order valence-electron chi connectivity index (χ4n) is 4.69. The maximum Gasteiger partial charge on any atom is 0.255 e. The molecule has 1 aromatic heterocycles. The van der Waals surface area contributed by atoms with E-state index in [4.69, 9.17) is 0 Å². The number of hydrogen-bond acceptors (Lipinski definition) is 7. The number of nitrogens with one attached hydrogen (secondary N) is 2. The van der Waals surface area contributed by atoms with Crippen molar-refractivity contribution in [2.75, 3.05) is 62.9 Å². The highest BCUT2D eigenvalue weighted by molar-refractivity contribution is 6.04. The standard InChI is InChI=1S/C30H32F2N8O2/c1-37(2)30(42)27-17-23(7-8-28(27)39-11-9-38(3)10-12-39)33-18-25-19-40(36-35-25)26-6-4-5-24(16-26)34-29(41)20-13-21(31)15-22(32)14-20/h4-8,13-17,19,33H,9-12,18H2,1-3H3,(H,34,41). The molecule has 0 radical (unpaired) electrons. The van der Waals surface area contributed by atoms with Crippen LogP contribution < -0.4 is 15.5 Å². The quantitative estimate of drug-likeness (QED) is 0.330. The van der Waals surface area contributed by atoms with Crippen LogP contribution in [-0.4, -0.2) is 83.9 Å². The maximum absolute atomic E-state index is 13.5. The van der Waals surface area contributed by atoms with Crippen LogP contribution in [0.5, 0.6) is 0 Å². The second kappa shape index (κ2) is 12.4. The summed E-state index contributed by atoms with van der Waals surface area (Å²) in [4.78, 5) is 31.6. The molecule has 0 atom stereocenters. The lowest BCUT2D eigenvalue weighted by Gasteiger charge is -2.35. The van der Waals surface area contributed by atoms with Gasteiger partial charge in [0.2, 0.25) is 0 Å². The van der Waals surface area contributed by atoms with E-state index in [1.165, 1.54) is 0 Å². The molecule has 10 nitrogen and oxygen atoms in total. The van der Waals surface area contributed by atoms with Crippen LogP contribution in [0.1, 0.15) is 26.4 Å². The SMILES string of the molecule is CN1CCN(c2ccc(NCc3cn(-c4cccc(NC(=O)c5cc(F)cc(F)c5)c4)nn3)cc2C(=O)N(C)C)CC1. The van der Waals surface area contributed by atoms with Crippen molar-refractivity contribution in [1.29, 1.82) is 0 Å². The van der Waals surface area contributed by atoms with E-state index in [9.17, 15) is 18.4 Å². The minimum atomic E-state index is -0.829. The summed E-state index contributed by atoms with van der Waals surface area (Å²) in [5.41, 5.74) is 3.93.